The van der Waals surface area contributed by atoms with Gasteiger partial charge in [0.25, 0.3) is 5.56 Å². The summed E-state index contributed by atoms with van der Waals surface area (Å²) in [6, 6.07) is 7.96. The Balaban J connectivity index is 1.41. The van der Waals surface area contributed by atoms with Crippen LogP contribution >= 0.6 is 11.6 Å². The Labute approximate surface area is 229 Å². The summed E-state index contributed by atoms with van der Waals surface area (Å²) in [7, 11) is -3.90. The lowest BCUT2D eigenvalue weighted by Crippen LogP contribution is -2.24. The maximum Gasteiger partial charge on any atom is 0.274 e. The Morgan fingerprint density at radius 1 is 1.08 bits per heavy atom. The predicted molar refractivity (Wildman–Crippen MR) is 143 cm³/mol. The molecule has 2 atom stereocenters. The zero-order valence-electron chi connectivity index (χ0n) is 21.5. The summed E-state index contributed by atoms with van der Waals surface area (Å²) in [6.45, 7) is 3.27. The van der Waals surface area contributed by atoms with E-state index in [1.807, 2.05) is 16.9 Å². The number of nitrogens with zero attached hydrogens (tertiary/aromatic N) is 4. The molecule has 0 N–H and O–H groups in total. The van der Waals surface area contributed by atoms with Crippen LogP contribution in [0.25, 0.3) is 16.9 Å². The molecule has 0 amide bonds. The van der Waals surface area contributed by atoms with Crippen molar-refractivity contribution in [1.82, 2.24) is 19.3 Å². The monoisotopic (exact) mass is 570 g/mol. The van der Waals surface area contributed by atoms with Crippen LogP contribution in [0.5, 0.6) is 0 Å². The molecule has 0 unspecified atom stereocenters. The number of sulfone groups is 1. The lowest BCUT2D eigenvalue weighted by atomic mass is 10.1. The van der Waals surface area contributed by atoms with Gasteiger partial charge in [-0.2, -0.15) is 5.10 Å². The van der Waals surface area contributed by atoms with Gasteiger partial charge in [-0.1, -0.05) is 17.7 Å². The first kappa shape index (κ1) is 25.9. The highest BCUT2D eigenvalue weighted by molar-refractivity contribution is 7.90. The summed E-state index contributed by atoms with van der Waals surface area (Å²) in [4.78, 5) is 17.0. The molecule has 6 rings (SSSR count). The molecule has 1 aromatic carbocycles. The second kappa shape index (κ2) is 9.09. The van der Waals surface area contributed by atoms with Crippen molar-refractivity contribution in [3.63, 3.8) is 0 Å². The van der Waals surface area contributed by atoms with E-state index in [0.29, 0.717) is 22.9 Å². The molecular weight excluding hydrogens is 546 g/mol. The van der Waals surface area contributed by atoms with Crippen molar-refractivity contribution >= 4 is 21.4 Å². The fourth-order valence-corrected chi connectivity index (χ4v) is 6.29. The zero-order valence-corrected chi connectivity index (χ0v) is 23.0. The Hall–Kier alpha value is -3.37. The minimum Gasteiger partial charge on any atom is -0.277 e. The van der Waals surface area contributed by atoms with E-state index in [0.717, 1.165) is 37.3 Å². The first-order chi connectivity index (χ1) is 18.5. The van der Waals surface area contributed by atoms with Gasteiger partial charge in [-0.3, -0.25) is 19.0 Å². The van der Waals surface area contributed by atoms with Crippen LogP contribution in [0.3, 0.4) is 0 Å². The molecule has 0 radical (unpaired) electrons. The van der Waals surface area contributed by atoms with E-state index in [1.165, 1.54) is 22.9 Å². The second-order valence-electron chi connectivity index (χ2n) is 10.4. The number of halogens is 3. The molecule has 2 saturated carbocycles. The Kier molecular flexibility index (Phi) is 6.03. The summed E-state index contributed by atoms with van der Waals surface area (Å²) in [5.74, 6) is -1.87. The quantitative estimate of drug-likeness (QED) is 0.299. The van der Waals surface area contributed by atoms with Crippen molar-refractivity contribution in [3.05, 3.63) is 92.3 Å². The van der Waals surface area contributed by atoms with Gasteiger partial charge in [-0.15, -0.1) is 0 Å². The largest absolute Gasteiger partial charge is 0.277 e. The van der Waals surface area contributed by atoms with Gasteiger partial charge >= 0.3 is 0 Å². The average molecular weight is 571 g/mol. The van der Waals surface area contributed by atoms with E-state index < -0.39 is 37.6 Å². The maximum absolute atomic E-state index is 16.0. The van der Waals surface area contributed by atoms with Gasteiger partial charge in [0.15, 0.2) is 21.5 Å². The number of pyridine rings is 2. The molecule has 7 nitrogen and oxygen atoms in total. The third-order valence-corrected chi connectivity index (χ3v) is 8.99. The first-order valence-corrected chi connectivity index (χ1v) is 14.9. The van der Waals surface area contributed by atoms with Crippen molar-refractivity contribution in [2.24, 2.45) is 0 Å². The summed E-state index contributed by atoms with van der Waals surface area (Å²) >= 11 is 6.61. The molecule has 3 aromatic heterocycles. The number of hydrogen-bond donors (Lipinski definition) is 0. The predicted octanol–water partition coefficient (Wildman–Crippen LogP) is 5.65. The molecule has 2 aliphatic rings. The Bertz CT molecular complexity index is 1830. The highest BCUT2D eigenvalue weighted by atomic mass is 35.5. The molecule has 3 heterocycles. The summed E-state index contributed by atoms with van der Waals surface area (Å²) in [6.07, 6.45) is 7.28. The number of benzene rings is 1. The molecule has 2 aliphatic carbocycles. The van der Waals surface area contributed by atoms with Crippen LogP contribution in [0, 0.1) is 25.5 Å². The highest BCUT2D eigenvalue weighted by Gasteiger charge is 2.43. The maximum atomic E-state index is 16.0. The SMILES string of the molecule is Cc1cnc(-c2cccc(S(C)(=O)=O)c2F)c(F)c1-n1c(C)cc([C@H]2C[C@@H]2c2ccn(C3CC3)n2)c(Cl)c1=O. The topological polar surface area (TPSA) is 86.8 Å². The fraction of sp³-hybridized carbons (Fsp3) is 0.321. The minimum absolute atomic E-state index is 0.00265. The molecular formula is C28H25ClF2N4O3S. The molecule has 0 bridgehead atoms. The van der Waals surface area contributed by atoms with Crippen LogP contribution in [0.1, 0.15) is 59.7 Å². The van der Waals surface area contributed by atoms with Gasteiger partial charge in [-0.25, -0.2) is 17.2 Å². The van der Waals surface area contributed by atoms with Crippen molar-refractivity contribution < 1.29 is 17.2 Å². The van der Waals surface area contributed by atoms with Gasteiger partial charge in [0.1, 0.15) is 15.6 Å². The number of aryl methyl sites for hydroxylation is 2. The van der Waals surface area contributed by atoms with E-state index in [9.17, 15) is 13.2 Å². The standard InChI is InChI=1S/C28H25ClF2N4O3S/c1-14-13-32-26(17-5-4-6-22(24(17)30)39(3,37)38)25(31)27(14)35-15(2)11-20(23(29)28(35)36)18-12-19(18)21-9-10-34(33-21)16-7-8-16/h4-6,9-11,13,16,18-19H,7-8,12H2,1-3H3/t18-,19-/m0/s1. The van der Waals surface area contributed by atoms with E-state index in [2.05, 4.69) is 4.98 Å². The molecule has 11 heteroatoms. The average Bonchev–Trinajstić information content (AvgIpc) is 3.82. The number of hydrogen-bond acceptors (Lipinski definition) is 5. The molecule has 0 aliphatic heterocycles. The third-order valence-electron chi connectivity index (χ3n) is 7.50. The zero-order chi connectivity index (χ0) is 27.8. The third kappa shape index (κ3) is 4.39. The molecule has 202 valence electrons. The van der Waals surface area contributed by atoms with Crippen LogP contribution in [0.4, 0.5) is 8.78 Å². The summed E-state index contributed by atoms with van der Waals surface area (Å²) < 4.78 is 58.4. The Morgan fingerprint density at radius 3 is 2.51 bits per heavy atom. The van der Waals surface area contributed by atoms with Gasteiger partial charge in [-0.05, 0) is 74.4 Å². The van der Waals surface area contributed by atoms with Gasteiger partial charge in [0, 0.05) is 35.8 Å². The van der Waals surface area contributed by atoms with Crippen molar-refractivity contribution in [3.8, 4) is 16.9 Å². The van der Waals surface area contributed by atoms with Crippen LogP contribution in [-0.2, 0) is 9.84 Å². The van der Waals surface area contributed by atoms with Gasteiger partial charge in [0.2, 0.25) is 0 Å². The fourth-order valence-electron chi connectivity index (χ4n) is 5.25. The lowest BCUT2D eigenvalue weighted by Gasteiger charge is -2.18. The lowest BCUT2D eigenvalue weighted by molar-refractivity contribution is 0.569. The molecule has 0 spiro atoms. The Morgan fingerprint density at radius 2 is 1.82 bits per heavy atom. The summed E-state index contributed by atoms with van der Waals surface area (Å²) in [5.41, 5.74) is 1.03. The van der Waals surface area contributed by atoms with Crippen molar-refractivity contribution in [1.29, 1.82) is 0 Å². The minimum atomic E-state index is -3.90. The van der Waals surface area contributed by atoms with Crippen LogP contribution in [-0.4, -0.2) is 34.0 Å². The van der Waals surface area contributed by atoms with Crippen LogP contribution in [0.15, 0.2) is 52.4 Å². The van der Waals surface area contributed by atoms with E-state index >= 15 is 8.78 Å². The highest BCUT2D eigenvalue weighted by Crippen LogP contribution is 2.55. The number of rotatable bonds is 6. The van der Waals surface area contributed by atoms with E-state index in [1.54, 1.807) is 19.9 Å². The smallest absolute Gasteiger partial charge is 0.274 e. The normalized spacial score (nSPS) is 18.9. The van der Waals surface area contributed by atoms with Crippen LogP contribution in [0.2, 0.25) is 5.02 Å². The first-order valence-electron chi connectivity index (χ1n) is 12.6. The molecule has 4 aromatic rings. The second-order valence-corrected chi connectivity index (χ2v) is 12.8. The van der Waals surface area contributed by atoms with Crippen molar-refractivity contribution in [2.45, 2.75) is 55.9 Å². The van der Waals surface area contributed by atoms with Gasteiger partial charge in [0.05, 0.1) is 17.4 Å². The van der Waals surface area contributed by atoms with E-state index in [4.69, 9.17) is 16.7 Å². The molecule has 0 saturated heterocycles. The van der Waals surface area contributed by atoms with Crippen LogP contribution < -0.4 is 5.56 Å². The molecule has 2 fully saturated rings. The van der Waals surface area contributed by atoms with E-state index in [-0.39, 0.29) is 28.1 Å². The van der Waals surface area contributed by atoms with Gasteiger partial charge < -0.3 is 0 Å². The summed E-state index contributed by atoms with van der Waals surface area (Å²) in [5, 5.41) is 4.70. The van der Waals surface area contributed by atoms with Crippen molar-refractivity contribution in [2.75, 3.05) is 6.26 Å². The molecule has 39 heavy (non-hydrogen) atoms. The number of aromatic nitrogens is 4.